The van der Waals surface area contributed by atoms with Crippen LogP contribution >= 0.6 is 23.6 Å². The Morgan fingerprint density at radius 3 is 2.57 bits per heavy atom. The molecule has 13 heteroatoms. The number of carbonyl (C=O) groups is 1. The molecule has 1 aliphatic rings. The molecule has 0 radical (unpaired) electrons. The number of anilines is 1. The van der Waals surface area contributed by atoms with Crippen LogP contribution in [0, 0.1) is 0 Å². The number of hydrogen-bond donors (Lipinski definition) is 2. The fraction of sp³-hybridized carbons (Fsp3) is 0.208. The second kappa shape index (κ2) is 12.3. The van der Waals surface area contributed by atoms with E-state index in [-0.39, 0.29) is 10.0 Å². The molecule has 37 heavy (non-hydrogen) atoms. The average Bonchev–Trinajstić information content (AvgIpc) is 3.46. The number of thiocarbonyl (C=S) groups is 1. The Kier molecular flexibility index (Phi) is 8.84. The van der Waals surface area contributed by atoms with Crippen molar-refractivity contribution in [2.75, 3.05) is 38.7 Å². The molecule has 0 spiro atoms. The van der Waals surface area contributed by atoms with Crippen LogP contribution in [0.15, 0.2) is 70.0 Å². The van der Waals surface area contributed by atoms with E-state index in [0.29, 0.717) is 53.9 Å². The van der Waals surface area contributed by atoms with E-state index in [1.807, 2.05) is 0 Å². The molecule has 10 nitrogen and oxygen atoms in total. The van der Waals surface area contributed by atoms with Crippen LogP contribution in [0.3, 0.4) is 0 Å². The summed E-state index contributed by atoms with van der Waals surface area (Å²) in [6, 6.07) is 14.8. The van der Waals surface area contributed by atoms with Gasteiger partial charge in [-0.2, -0.15) is 9.41 Å². The number of sulfonamides is 1. The van der Waals surface area contributed by atoms with Gasteiger partial charge in [0.05, 0.1) is 31.4 Å². The summed E-state index contributed by atoms with van der Waals surface area (Å²) < 4.78 is 42.9. The fourth-order valence-corrected chi connectivity index (χ4v) is 5.54. The lowest BCUT2D eigenvalue weighted by Gasteiger charge is -2.26. The first kappa shape index (κ1) is 26.7. The van der Waals surface area contributed by atoms with Gasteiger partial charge in [0, 0.05) is 18.8 Å². The van der Waals surface area contributed by atoms with E-state index in [1.165, 1.54) is 41.1 Å². The predicted molar refractivity (Wildman–Crippen MR) is 145 cm³/mol. The molecule has 4 rings (SSSR count). The molecule has 1 fully saturated rings. The van der Waals surface area contributed by atoms with Crippen molar-refractivity contribution in [3.05, 3.63) is 70.4 Å². The minimum Gasteiger partial charge on any atom is -0.493 e. The van der Waals surface area contributed by atoms with Gasteiger partial charge in [0.1, 0.15) is 4.88 Å². The molecular formula is C24H24N4O6S3. The smallest absolute Gasteiger partial charge is 0.353 e. The van der Waals surface area contributed by atoms with Crippen molar-refractivity contribution in [1.82, 2.24) is 9.73 Å². The predicted octanol–water partition coefficient (Wildman–Crippen LogP) is 3.32. The maximum absolute atomic E-state index is 12.7. The topological polar surface area (TPSA) is 119 Å². The molecule has 3 aromatic rings. The summed E-state index contributed by atoms with van der Waals surface area (Å²) in [6.45, 7) is 1.45. The number of methoxy groups -OCH3 is 1. The number of hydrazone groups is 1. The molecule has 1 aromatic heterocycles. The lowest BCUT2D eigenvalue weighted by Crippen LogP contribution is -2.40. The Morgan fingerprint density at radius 2 is 1.89 bits per heavy atom. The van der Waals surface area contributed by atoms with Crippen LogP contribution < -0.4 is 20.2 Å². The molecule has 0 unspecified atom stereocenters. The number of esters is 1. The van der Waals surface area contributed by atoms with Gasteiger partial charge in [0.2, 0.25) is 10.0 Å². The third-order valence-electron chi connectivity index (χ3n) is 5.21. The zero-order valence-corrected chi connectivity index (χ0v) is 22.2. The average molecular weight is 561 g/mol. The van der Waals surface area contributed by atoms with Crippen molar-refractivity contribution in [2.24, 2.45) is 5.10 Å². The Bertz CT molecular complexity index is 1370. The standard InChI is InChI=1S/C24H24N4O6S3/c1-32-21-15-17(4-9-20(21)34-23(29)22-3-2-14-36-22)16-25-27-24(35)26-18-5-7-19(8-6-18)37(30,31)28-10-12-33-13-11-28/h2-9,14-16H,10-13H2,1H3,(H2,26,27,35). The highest BCUT2D eigenvalue weighted by Gasteiger charge is 2.26. The molecule has 0 bridgehead atoms. The molecule has 0 saturated carbocycles. The molecule has 2 heterocycles. The molecule has 194 valence electrons. The maximum Gasteiger partial charge on any atom is 0.353 e. The monoisotopic (exact) mass is 560 g/mol. The van der Waals surface area contributed by atoms with Crippen molar-refractivity contribution in [1.29, 1.82) is 0 Å². The summed E-state index contributed by atoms with van der Waals surface area (Å²) in [6.07, 6.45) is 1.53. The minimum atomic E-state index is -3.56. The number of nitrogens with zero attached hydrogens (tertiary/aromatic N) is 2. The summed E-state index contributed by atoms with van der Waals surface area (Å²) in [4.78, 5) is 12.9. The Morgan fingerprint density at radius 1 is 1.14 bits per heavy atom. The Balaban J connectivity index is 1.31. The van der Waals surface area contributed by atoms with E-state index < -0.39 is 16.0 Å². The first-order chi connectivity index (χ1) is 17.9. The molecule has 0 aliphatic carbocycles. The number of benzene rings is 2. The highest BCUT2D eigenvalue weighted by Crippen LogP contribution is 2.29. The molecule has 2 aromatic carbocycles. The van der Waals surface area contributed by atoms with Gasteiger partial charge in [0.25, 0.3) is 0 Å². The molecule has 0 amide bonds. The van der Waals surface area contributed by atoms with Gasteiger partial charge in [-0.25, -0.2) is 13.2 Å². The fourth-order valence-electron chi connectivity index (χ4n) is 3.36. The number of thiophene rings is 1. The van der Waals surface area contributed by atoms with Crippen molar-refractivity contribution < 1.29 is 27.4 Å². The van der Waals surface area contributed by atoms with E-state index >= 15 is 0 Å². The second-order valence-corrected chi connectivity index (χ2v) is 10.9. The normalized spacial score (nSPS) is 14.3. The number of morpholine rings is 1. The van der Waals surface area contributed by atoms with Crippen LogP contribution in [-0.4, -0.2) is 63.4 Å². The number of hydrogen-bond acceptors (Lipinski definition) is 9. The summed E-state index contributed by atoms with van der Waals surface area (Å²) >= 11 is 6.55. The van der Waals surface area contributed by atoms with E-state index in [1.54, 1.807) is 47.8 Å². The van der Waals surface area contributed by atoms with Crippen molar-refractivity contribution in [3.8, 4) is 11.5 Å². The second-order valence-electron chi connectivity index (χ2n) is 7.64. The summed E-state index contributed by atoms with van der Waals surface area (Å²) in [7, 11) is -2.08. The van der Waals surface area contributed by atoms with Gasteiger partial charge >= 0.3 is 5.97 Å². The zero-order chi connectivity index (χ0) is 26.3. The number of rotatable bonds is 8. The largest absolute Gasteiger partial charge is 0.493 e. The lowest BCUT2D eigenvalue weighted by molar-refractivity contribution is 0.0730. The van der Waals surface area contributed by atoms with Gasteiger partial charge in [-0.15, -0.1) is 11.3 Å². The quantitative estimate of drug-likeness (QED) is 0.141. The van der Waals surface area contributed by atoms with E-state index in [2.05, 4.69) is 15.8 Å². The summed E-state index contributed by atoms with van der Waals surface area (Å²) in [5.74, 6) is 0.212. The van der Waals surface area contributed by atoms with Gasteiger partial charge in [-0.05, 0) is 71.7 Å². The summed E-state index contributed by atoms with van der Waals surface area (Å²) in [5.41, 5.74) is 3.99. The minimum absolute atomic E-state index is 0.204. The van der Waals surface area contributed by atoms with Crippen LogP contribution in [0.4, 0.5) is 5.69 Å². The van der Waals surface area contributed by atoms with Gasteiger partial charge in [0.15, 0.2) is 16.6 Å². The third kappa shape index (κ3) is 6.90. The van der Waals surface area contributed by atoms with Crippen molar-refractivity contribution in [3.63, 3.8) is 0 Å². The number of carbonyl (C=O) groups excluding carboxylic acids is 1. The lowest BCUT2D eigenvalue weighted by atomic mass is 10.2. The number of nitrogens with one attached hydrogen (secondary N) is 2. The van der Waals surface area contributed by atoms with Gasteiger partial charge in [-0.3, -0.25) is 5.43 Å². The van der Waals surface area contributed by atoms with Crippen LogP contribution in [0.25, 0.3) is 0 Å². The highest BCUT2D eigenvalue weighted by atomic mass is 32.2. The first-order valence-corrected chi connectivity index (χ1v) is 13.8. The number of ether oxygens (including phenoxy) is 3. The van der Waals surface area contributed by atoms with Gasteiger partial charge < -0.3 is 19.5 Å². The Hall–Kier alpha value is -3.36. The molecule has 2 N–H and O–H groups in total. The maximum atomic E-state index is 12.7. The molecule has 0 atom stereocenters. The zero-order valence-electron chi connectivity index (χ0n) is 19.7. The van der Waals surface area contributed by atoms with Crippen molar-refractivity contribution in [2.45, 2.75) is 4.90 Å². The van der Waals surface area contributed by atoms with Crippen LogP contribution in [0.2, 0.25) is 0 Å². The Labute approximate surface area is 223 Å². The van der Waals surface area contributed by atoms with E-state index in [0.717, 1.165) is 0 Å². The third-order valence-corrected chi connectivity index (χ3v) is 8.17. The van der Waals surface area contributed by atoms with Gasteiger partial charge in [-0.1, -0.05) is 6.07 Å². The van der Waals surface area contributed by atoms with E-state index in [9.17, 15) is 13.2 Å². The molecular weight excluding hydrogens is 536 g/mol. The first-order valence-electron chi connectivity index (χ1n) is 11.1. The van der Waals surface area contributed by atoms with E-state index in [4.69, 9.17) is 26.4 Å². The highest BCUT2D eigenvalue weighted by molar-refractivity contribution is 7.89. The van der Waals surface area contributed by atoms with Crippen LogP contribution in [0.1, 0.15) is 15.2 Å². The molecule has 1 saturated heterocycles. The summed E-state index contributed by atoms with van der Waals surface area (Å²) in [5, 5.41) is 9.07. The molecule has 1 aliphatic heterocycles. The van der Waals surface area contributed by atoms with Crippen molar-refractivity contribution >= 4 is 56.6 Å². The van der Waals surface area contributed by atoms with Crippen LogP contribution in [0.5, 0.6) is 11.5 Å². The SMILES string of the molecule is COc1cc(C=NNC(=S)Nc2ccc(S(=O)(=O)N3CCOCC3)cc2)ccc1OC(=O)c1cccs1. The van der Waals surface area contributed by atoms with Crippen LogP contribution in [-0.2, 0) is 14.8 Å².